The van der Waals surface area contributed by atoms with Crippen molar-refractivity contribution in [3.63, 3.8) is 0 Å². The number of hydrogen-bond donors (Lipinski definition) is 2. The summed E-state index contributed by atoms with van der Waals surface area (Å²) in [5, 5.41) is 8.79. The van der Waals surface area contributed by atoms with Crippen LogP contribution in [0.4, 0.5) is 0 Å². The van der Waals surface area contributed by atoms with E-state index in [1.165, 1.54) is 12.1 Å². The molecule has 1 atom stereocenters. The predicted molar refractivity (Wildman–Crippen MR) is 95.6 cm³/mol. The van der Waals surface area contributed by atoms with Crippen molar-refractivity contribution < 1.29 is 27.2 Å². The van der Waals surface area contributed by atoms with E-state index in [4.69, 9.17) is 19.8 Å². The molecule has 0 spiro atoms. The standard InChI is InChI=1S/C18H21NO6S/c1-13-2-8-16(9-3-13)26(22,23)25-11-10-24-15-6-4-14(5-7-15)12-17(19)18(20)21/h2-9,17H,10-12,19H2,1H3,(H,20,21). The number of ether oxygens (including phenoxy) is 1. The summed E-state index contributed by atoms with van der Waals surface area (Å²) >= 11 is 0. The van der Waals surface area contributed by atoms with Gasteiger partial charge < -0.3 is 15.6 Å². The summed E-state index contributed by atoms with van der Waals surface area (Å²) in [6.45, 7) is 1.80. The third-order valence-corrected chi connectivity index (χ3v) is 4.92. The Morgan fingerprint density at radius 1 is 1.08 bits per heavy atom. The Bertz CT molecular complexity index is 831. The monoisotopic (exact) mass is 379 g/mol. The molecule has 0 heterocycles. The highest BCUT2D eigenvalue weighted by atomic mass is 32.2. The Balaban J connectivity index is 1.80. The lowest BCUT2D eigenvalue weighted by Crippen LogP contribution is -2.32. The number of carboxylic acid groups (broad SMARTS) is 1. The summed E-state index contributed by atoms with van der Waals surface area (Å²) in [5.41, 5.74) is 7.20. The second-order valence-corrected chi connectivity index (χ2v) is 7.35. The van der Waals surface area contributed by atoms with Crippen LogP contribution in [0.25, 0.3) is 0 Å². The Morgan fingerprint density at radius 3 is 2.27 bits per heavy atom. The molecule has 2 aromatic carbocycles. The molecule has 0 aromatic heterocycles. The van der Waals surface area contributed by atoms with Gasteiger partial charge in [-0.2, -0.15) is 8.42 Å². The topological polar surface area (TPSA) is 116 Å². The van der Waals surface area contributed by atoms with Crippen molar-refractivity contribution in [1.29, 1.82) is 0 Å². The average Bonchev–Trinajstić information content (AvgIpc) is 2.60. The zero-order chi connectivity index (χ0) is 19.2. The average molecular weight is 379 g/mol. The van der Waals surface area contributed by atoms with E-state index < -0.39 is 22.1 Å². The maximum atomic E-state index is 12.0. The lowest BCUT2D eigenvalue weighted by molar-refractivity contribution is -0.138. The molecule has 140 valence electrons. The summed E-state index contributed by atoms with van der Waals surface area (Å²) in [5.74, 6) is -0.536. The molecule has 0 amide bonds. The van der Waals surface area contributed by atoms with Crippen LogP contribution in [-0.2, 0) is 25.5 Å². The van der Waals surface area contributed by atoms with Crippen LogP contribution >= 0.6 is 0 Å². The van der Waals surface area contributed by atoms with Crippen molar-refractivity contribution in [2.75, 3.05) is 13.2 Å². The lowest BCUT2D eigenvalue weighted by atomic mass is 10.1. The third kappa shape index (κ3) is 5.83. The zero-order valence-corrected chi connectivity index (χ0v) is 15.1. The predicted octanol–water partition coefficient (Wildman–Crippen LogP) is 1.73. The summed E-state index contributed by atoms with van der Waals surface area (Å²) in [6, 6.07) is 12.2. The van der Waals surface area contributed by atoms with Gasteiger partial charge in [0.2, 0.25) is 0 Å². The SMILES string of the molecule is Cc1ccc(S(=O)(=O)OCCOc2ccc(CC(N)C(=O)O)cc2)cc1. The number of hydrogen-bond acceptors (Lipinski definition) is 6. The Labute approximate surface area is 152 Å². The van der Waals surface area contributed by atoms with E-state index in [9.17, 15) is 13.2 Å². The van der Waals surface area contributed by atoms with E-state index in [0.717, 1.165) is 11.1 Å². The van der Waals surface area contributed by atoms with Crippen molar-refractivity contribution in [3.05, 3.63) is 59.7 Å². The first kappa shape index (κ1) is 19.9. The molecule has 0 saturated carbocycles. The number of carboxylic acids is 1. The molecule has 2 rings (SSSR count). The van der Waals surface area contributed by atoms with Gasteiger partial charge in [-0.25, -0.2) is 0 Å². The van der Waals surface area contributed by atoms with Gasteiger partial charge in [-0.05, 0) is 43.2 Å². The molecule has 7 nitrogen and oxygen atoms in total. The van der Waals surface area contributed by atoms with Crippen molar-refractivity contribution in [3.8, 4) is 5.75 Å². The Hall–Kier alpha value is -2.42. The first-order valence-electron chi connectivity index (χ1n) is 7.94. The van der Waals surface area contributed by atoms with Crippen molar-refractivity contribution in [2.24, 2.45) is 5.73 Å². The maximum Gasteiger partial charge on any atom is 0.320 e. The number of aliphatic carboxylic acids is 1. The molecular formula is C18H21NO6S. The second-order valence-electron chi connectivity index (χ2n) is 5.73. The van der Waals surface area contributed by atoms with Crippen LogP contribution in [0, 0.1) is 6.92 Å². The summed E-state index contributed by atoms with van der Waals surface area (Å²) in [4.78, 5) is 10.8. The van der Waals surface area contributed by atoms with E-state index >= 15 is 0 Å². The minimum absolute atomic E-state index is 0.0546. The number of aryl methyl sites for hydroxylation is 1. The van der Waals surface area contributed by atoms with Gasteiger partial charge in [-0.3, -0.25) is 8.98 Å². The van der Waals surface area contributed by atoms with Crippen LogP contribution in [0.1, 0.15) is 11.1 Å². The van der Waals surface area contributed by atoms with E-state index in [2.05, 4.69) is 0 Å². The van der Waals surface area contributed by atoms with Gasteiger partial charge >= 0.3 is 5.97 Å². The fraction of sp³-hybridized carbons (Fsp3) is 0.278. The zero-order valence-electron chi connectivity index (χ0n) is 14.3. The molecule has 0 fully saturated rings. The first-order valence-corrected chi connectivity index (χ1v) is 9.35. The van der Waals surface area contributed by atoms with Crippen LogP contribution < -0.4 is 10.5 Å². The number of rotatable bonds is 9. The Morgan fingerprint density at radius 2 is 1.69 bits per heavy atom. The van der Waals surface area contributed by atoms with Crippen LogP contribution in [0.3, 0.4) is 0 Å². The normalized spacial score (nSPS) is 12.5. The van der Waals surface area contributed by atoms with Crippen LogP contribution in [0.5, 0.6) is 5.75 Å². The van der Waals surface area contributed by atoms with Crippen LogP contribution in [0.2, 0.25) is 0 Å². The molecular weight excluding hydrogens is 358 g/mol. The summed E-state index contributed by atoms with van der Waals surface area (Å²) in [7, 11) is -3.81. The quantitative estimate of drug-likeness (QED) is 0.503. The first-order chi connectivity index (χ1) is 12.3. The number of nitrogens with two attached hydrogens (primary N) is 1. The van der Waals surface area contributed by atoms with Gasteiger partial charge in [-0.1, -0.05) is 29.8 Å². The summed E-state index contributed by atoms with van der Waals surface area (Å²) in [6.07, 6.45) is 0.216. The lowest BCUT2D eigenvalue weighted by Gasteiger charge is -2.10. The van der Waals surface area contributed by atoms with Gasteiger partial charge in [0.25, 0.3) is 10.1 Å². The van der Waals surface area contributed by atoms with Crippen LogP contribution in [0.15, 0.2) is 53.4 Å². The van der Waals surface area contributed by atoms with Gasteiger partial charge in [-0.15, -0.1) is 0 Å². The van der Waals surface area contributed by atoms with E-state index in [-0.39, 0.29) is 24.5 Å². The molecule has 0 saturated heterocycles. The maximum absolute atomic E-state index is 12.0. The van der Waals surface area contributed by atoms with Crippen molar-refractivity contribution >= 4 is 16.1 Å². The molecule has 3 N–H and O–H groups in total. The highest BCUT2D eigenvalue weighted by molar-refractivity contribution is 7.86. The van der Waals surface area contributed by atoms with E-state index in [1.807, 2.05) is 6.92 Å². The molecule has 0 aliphatic rings. The number of carbonyl (C=O) groups is 1. The minimum Gasteiger partial charge on any atom is -0.491 e. The highest BCUT2D eigenvalue weighted by Crippen LogP contribution is 2.15. The van der Waals surface area contributed by atoms with Crippen LogP contribution in [-0.4, -0.2) is 38.7 Å². The van der Waals surface area contributed by atoms with Gasteiger partial charge in [0.15, 0.2) is 0 Å². The van der Waals surface area contributed by atoms with Gasteiger partial charge in [0.05, 0.1) is 4.90 Å². The molecule has 1 unspecified atom stereocenters. The smallest absolute Gasteiger partial charge is 0.320 e. The second kappa shape index (κ2) is 8.79. The molecule has 0 radical (unpaired) electrons. The molecule has 26 heavy (non-hydrogen) atoms. The molecule has 0 aliphatic carbocycles. The minimum atomic E-state index is -3.81. The van der Waals surface area contributed by atoms with Crippen molar-refractivity contribution in [1.82, 2.24) is 0 Å². The highest BCUT2D eigenvalue weighted by Gasteiger charge is 2.15. The molecule has 2 aromatic rings. The van der Waals surface area contributed by atoms with Gasteiger partial charge in [0.1, 0.15) is 25.0 Å². The number of benzene rings is 2. The fourth-order valence-corrected chi connectivity index (χ4v) is 3.03. The van der Waals surface area contributed by atoms with Gasteiger partial charge in [0, 0.05) is 0 Å². The van der Waals surface area contributed by atoms with E-state index in [1.54, 1.807) is 36.4 Å². The van der Waals surface area contributed by atoms with Crippen molar-refractivity contribution in [2.45, 2.75) is 24.3 Å². The van der Waals surface area contributed by atoms with E-state index in [0.29, 0.717) is 5.75 Å². The molecule has 0 bridgehead atoms. The molecule has 8 heteroatoms. The molecule has 0 aliphatic heterocycles. The third-order valence-electron chi connectivity index (χ3n) is 3.60. The fourth-order valence-electron chi connectivity index (χ4n) is 2.14. The summed E-state index contributed by atoms with van der Waals surface area (Å²) < 4.78 is 34.4. The Kier molecular flexibility index (Phi) is 6.73. The largest absolute Gasteiger partial charge is 0.491 e.